The van der Waals surface area contributed by atoms with Crippen LogP contribution in [-0.2, 0) is 7.05 Å². The van der Waals surface area contributed by atoms with Crippen molar-refractivity contribution in [2.24, 2.45) is 18.9 Å². The number of amides is 1. The molecule has 2 aromatic carbocycles. The van der Waals surface area contributed by atoms with E-state index in [-0.39, 0.29) is 5.91 Å². The third-order valence-corrected chi connectivity index (χ3v) is 7.40. The molecule has 0 aliphatic heterocycles. The number of rotatable bonds is 5. The van der Waals surface area contributed by atoms with E-state index in [4.69, 9.17) is 0 Å². The first kappa shape index (κ1) is 25.7. The highest BCUT2D eigenvalue weighted by molar-refractivity contribution is 5.98. The Morgan fingerprint density at radius 1 is 1.00 bits per heavy atom. The van der Waals surface area contributed by atoms with E-state index >= 15 is 0 Å². The van der Waals surface area contributed by atoms with Crippen molar-refractivity contribution in [3.8, 4) is 0 Å². The molecule has 190 valence electrons. The average molecular weight is 486 g/mol. The maximum absolute atomic E-state index is 12.5. The van der Waals surface area contributed by atoms with Crippen molar-refractivity contribution in [2.75, 3.05) is 25.5 Å². The number of nitrogens with zero attached hydrogens (tertiary/aromatic N) is 4. The maximum atomic E-state index is 12.5. The molecular formula is C30H39N5O. The van der Waals surface area contributed by atoms with Gasteiger partial charge in [-0.3, -0.25) is 4.79 Å². The van der Waals surface area contributed by atoms with Crippen molar-refractivity contribution in [1.29, 1.82) is 0 Å². The van der Waals surface area contributed by atoms with Gasteiger partial charge < -0.3 is 14.8 Å². The van der Waals surface area contributed by atoms with Crippen LogP contribution in [0.2, 0.25) is 0 Å². The highest BCUT2D eigenvalue weighted by Crippen LogP contribution is 2.30. The number of fused-ring (bicyclic) bond motifs is 2. The molecule has 0 unspecified atom stereocenters. The molecule has 2 heterocycles. The van der Waals surface area contributed by atoms with Gasteiger partial charge in [-0.25, -0.2) is 9.97 Å². The smallest absolute Gasteiger partial charge is 0.267 e. The van der Waals surface area contributed by atoms with Gasteiger partial charge in [0.15, 0.2) is 0 Å². The lowest BCUT2D eigenvalue weighted by Crippen LogP contribution is -2.32. The minimum Gasteiger partial charge on any atom is -0.362 e. The van der Waals surface area contributed by atoms with Gasteiger partial charge in [-0.2, -0.15) is 0 Å². The molecule has 0 atom stereocenters. The summed E-state index contributed by atoms with van der Waals surface area (Å²) < 4.78 is 1.98. The van der Waals surface area contributed by atoms with Gasteiger partial charge in [-0.15, -0.1) is 0 Å². The summed E-state index contributed by atoms with van der Waals surface area (Å²) in [5.41, 5.74) is 2.86. The molecule has 2 aromatic heterocycles. The number of hydrogen-bond donors (Lipinski definition) is 1. The zero-order valence-corrected chi connectivity index (χ0v) is 22.3. The van der Waals surface area contributed by atoms with Crippen LogP contribution in [0, 0.1) is 18.8 Å². The predicted molar refractivity (Wildman–Crippen MR) is 150 cm³/mol. The van der Waals surface area contributed by atoms with Crippen molar-refractivity contribution in [1.82, 2.24) is 19.9 Å². The van der Waals surface area contributed by atoms with Gasteiger partial charge in [0.25, 0.3) is 5.91 Å². The minimum absolute atomic E-state index is 0.0521. The summed E-state index contributed by atoms with van der Waals surface area (Å²) >= 11 is 0. The standard InChI is InChI=1S/C19H26N2O.C11H13N3/c1-3-14-8-10-15(11-9-14)13-20-19(22)18-12-16-6-4-5-7-17(16)21(18)2;1-8-12-10-7-5-4-6-9(10)11(13-8)14(2)3/h4-7,12,14-15H,3,8-11,13H2,1-2H3,(H,20,22);4-7H,1-3H3. The number of aromatic nitrogens is 3. The zero-order chi connectivity index (χ0) is 25.7. The van der Waals surface area contributed by atoms with E-state index in [1.165, 1.54) is 32.1 Å². The van der Waals surface area contributed by atoms with E-state index in [0.717, 1.165) is 51.6 Å². The van der Waals surface area contributed by atoms with Crippen LogP contribution in [0.25, 0.3) is 21.8 Å². The van der Waals surface area contributed by atoms with Gasteiger partial charge in [-0.05, 0) is 55.9 Å². The maximum Gasteiger partial charge on any atom is 0.267 e. The molecule has 0 spiro atoms. The molecule has 0 radical (unpaired) electrons. The van der Waals surface area contributed by atoms with Crippen molar-refractivity contribution in [3.05, 3.63) is 66.1 Å². The lowest BCUT2D eigenvalue weighted by atomic mass is 9.81. The third-order valence-electron chi connectivity index (χ3n) is 7.40. The van der Waals surface area contributed by atoms with Crippen molar-refractivity contribution in [3.63, 3.8) is 0 Å². The number of carbonyl (C=O) groups excluding carboxylic acids is 1. The number of carbonyl (C=O) groups is 1. The van der Waals surface area contributed by atoms with Crippen LogP contribution in [0.4, 0.5) is 5.82 Å². The normalized spacial score (nSPS) is 17.5. The van der Waals surface area contributed by atoms with Crippen molar-refractivity contribution >= 4 is 33.5 Å². The van der Waals surface area contributed by atoms with E-state index in [0.29, 0.717) is 5.92 Å². The fourth-order valence-electron chi connectivity index (χ4n) is 5.19. The van der Waals surface area contributed by atoms with Crippen LogP contribution in [0.5, 0.6) is 0 Å². The van der Waals surface area contributed by atoms with Crippen LogP contribution in [0.15, 0.2) is 54.6 Å². The fraction of sp³-hybridized carbons (Fsp3) is 0.433. The van der Waals surface area contributed by atoms with E-state index in [1.54, 1.807) is 0 Å². The van der Waals surface area contributed by atoms with Crippen LogP contribution < -0.4 is 10.2 Å². The first-order chi connectivity index (χ1) is 17.4. The highest BCUT2D eigenvalue weighted by Gasteiger charge is 2.21. The van der Waals surface area contributed by atoms with Crippen LogP contribution in [0.1, 0.15) is 55.3 Å². The van der Waals surface area contributed by atoms with Gasteiger partial charge in [0.05, 0.1) is 5.52 Å². The van der Waals surface area contributed by atoms with Gasteiger partial charge >= 0.3 is 0 Å². The second kappa shape index (κ2) is 11.5. The molecule has 1 saturated carbocycles. The number of anilines is 1. The molecule has 1 aliphatic rings. The SMILES string of the molecule is CCC1CCC(CNC(=O)c2cc3ccccc3n2C)CC1.Cc1nc(N(C)C)c2ccccc2n1. The Labute approximate surface area is 214 Å². The van der Waals surface area contributed by atoms with Gasteiger partial charge in [-0.1, -0.05) is 56.5 Å². The first-order valence-electron chi connectivity index (χ1n) is 13.1. The molecular weight excluding hydrogens is 446 g/mol. The third kappa shape index (κ3) is 5.86. The number of para-hydroxylation sites is 2. The van der Waals surface area contributed by atoms with Gasteiger partial charge in [0.2, 0.25) is 0 Å². The first-order valence-corrected chi connectivity index (χ1v) is 13.1. The summed E-state index contributed by atoms with van der Waals surface area (Å²) in [7, 11) is 5.95. The quantitative estimate of drug-likeness (QED) is 0.369. The lowest BCUT2D eigenvalue weighted by Gasteiger charge is -2.27. The summed E-state index contributed by atoms with van der Waals surface area (Å²) in [6.45, 7) is 5.02. The monoisotopic (exact) mass is 485 g/mol. The van der Waals surface area contributed by atoms with Crippen molar-refractivity contribution < 1.29 is 4.79 Å². The number of hydrogen-bond acceptors (Lipinski definition) is 4. The molecule has 1 aliphatic carbocycles. The van der Waals surface area contributed by atoms with Crippen LogP contribution in [-0.4, -0.2) is 41.1 Å². The van der Waals surface area contributed by atoms with E-state index in [2.05, 4.69) is 34.3 Å². The molecule has 0 bridgehead atoms. The Hall–Kier alpha value is -3.41. The largest absolute Gasteiger partial charge is 0.362 e. The molecule has 1 fully saturated rings. The Bertz CT molecular complexity index is 1320. The molecule has 0 saturated heterocycles. The number of nitrogens with one attached hydrogen (secondary N) is 1. The molecule has 5 rings (SSSR count). The zero-order valence-electron chi connectivity index (χ0n) is 22.3. The topological polar surface area (TPSA) is 63.1 Å². The summed E-state index contributed by atoms with van der Waals surface area (Å²) in [6.07, 6.45) is 6.47. The Kier molecular flexibility index (Phi) is 8.24. The Morgan fingerprint density at radius 2 is 1.67 bits per heavy atom. The summed E-state index contributed by atoms with van der Waals surface area (Å²) in [5, 5.41) is 5.37. The van der Waals surface area contributed by atoms with E-state index in [9.17, 15) is 4.79 Å². The van der Waals surface area contributed by atoms with Crippen LogP contribution >= 0.6 is 0 Å². The van der Waals surface area contributed by atoms with E-state index < -0.39 is 0 Å². The summed E-state index contributed by atoms with van der Waals surface area (Å²) in [4.78, 5) is 23.3. The van der Waals surface area contributed by atoms with E-state index in [1.807, 2.05) is 80.0 Å². The average Bonchev–Trinajstić information content (AvgIpc) is 3.24. The van der Waals surface area contributed by atoms with Gasteiger partial charge in [0.1, 0.15) is 17.3 Å². The summed E-state index contributed by atoms with van der Waals surface area (Å²) in [5.74, 6) is 3.41. The molecule has 4 aromatic rings. The molecule has 1 amide bonds. The second-order valence-corrected chi connectivity index (χ2v) is 10.2. The second-order valence-electron chi connectivity index (χ2n) is 10.2. The highest BCUT2D eigenvalue weighted by atomic mass is 16.1. The number of benzene rings is 2. The Morgan fingerprint density at radius 3 is 2.36 bits per heavy atom. The van der Waals surface area contributed by atoms with Crippen molar-refractivity contribution in [2.45, 2.75) is 46.0 Å². The lowest BCUT2D eigenvalue weighted by molar-refractivity contribution is 0.0933. The fourth-order valence-corrected chi connectivity index (χ4v) is 5.19. The minimum atomic E-state index is 0.0521. The van der Waals surface area contributed by atoms with Crippen LogP contribution in [0.3, 0.4) is 0 Å². The predicted octanol–water partition coefficient (Wildman–Crippen LogP) is 6.13. The molecule has 6 heteroatoms. The molecule has 6 nitrogen and oxygen atoms in total. The molecule has 36 heavy (non-hydrogen) atoms. The number of aryl methyl sites for hydroxylation is 2. The Balaban J connectivity index is 0.000000187. The molecule has 1 N–H and O–H groups in total. The van der Waals surface area contributed by atoms with Gasteiger partial charge in [0, 0.05) is 44.0 Å². The summed E-state index contributed by atoms with van der Waals surface area (Å²) in [6, 6.07) is 18.2.